The summed E-state index contributed by atoms with van der Waals surface area (Å²) in [5.41, 5.74) is -0.236. The highest BCUT2D eigenvalue weighted by Crippen LogP contribution is 2.29. The molecule has 0 aliphatic heterocycles. The molecule has 4 aromatic rings. The standard InChI is InChI=1S/C27H16ClN3O5/c28-20-12-13-23(24(15-20)31(34)35)30-26(32)19(16-29)14-18-7-2-4-11-25(18)36-27(33)22-10-5-8-17-6-1-3-9-21(17)22/h1-15H,(H,30,32). The highest BCUT2D eigenvalue weighted by Gasteiger charge is 2.20. The molecule has 0 saturated carbocycles. The van der Waals surface area contributed by atoms with Gasteiger partial charge in [-0.05, 0) is 41.1 Å². The fourth-order valence-corrected chi connectivity index (χ4v) is 3.67. The Kier molecular flexibility index (Phi) is 7.04. The van der Waals surface area contributed by atoms with E-state index < -0.39 is 22.5 Å². The largest absolute Gasteiger partial charge is 0.422 e. The zero-order valence-corrected chi connectivity index (χ0v) is 19.2. The highest BCUT2D eigenvalue weighted by molar-refractivity contribution is 6.31. The van der Waals surface area contributed by atoms with Crippen LogP contribution < -0.4 is 10.1 Å². The Labute approximate surface area is 210 Å². The highest BCUT2D eigenvalue weighted by atomic mass is 35.5. The van der Waals surface area contributed by atoms with E-state index in [2.05, 4.69) is 5.32 Å². The number of rotatable bonds is 6. The number of nitriles is 1. The van der Waals surface area contributed by atoms with E-state index >= 15 is 0 Å². The van der Waals surface area contributed by atoms with Gasteiger partial charge in [-0.1, -0.05) is 66.2 Å². The lowest BCUT2D eigenvalue weighted by molar-refractivity contribution is -0.383. The number of nitrogens with zero attached hydrogens (tertiary/aromatic N) is 2. The zero-order chi connectivity index (χ0) is 25.7. The third kappa shape index (κ3) is 5.22. The van der Waals surface area contributed by atoms with Gasteiger partial charge in [-0.2, -0.15) is 5.26 Å². The van der Waals surface area contributed by atoms with Crippen LogP contribution in [0.3, 0.4) is 0 Å². The Morgan fingerprint density at radius 3 is 2.50 bits per heavy atom. The van der Waals surface area contributed by atoms with Gasteiger partial charge >= 0.3 is 5.97 Å². The fraction of sp³-hybridized carbons (Fsp3) is 0. The molecule has 1 N–H and O–H groups in total. The maximum Gasteiger partial charge on any atom is 0.344 e. The van der Waals surface area contributed by atoms with Crippen LogP contribution in [-0.4, -0.2) is 16.8 Å². The summed E-state index contributed by atoms with van der Waals surface area (Å²) in [4.78, 5) is 36.3. The van der Waals surface area contributed by atoms with Crippen molar-refractivity contribution in [1.29, 1.82) is 5.26 Å². The Morgan fingerprint density at radius 2 is 1.72 bits per heavy atom. The van der Waals surface area contributed by atoms with Crippen LogP contribution in [0.1, 0.15) is 15.9 Å². The van der Waals surface area contributed by atoms with Crippen LogP contribution in [-0.2, 0) is 4.79 Å². The lowest BCUT2D eigenvalue weighted by atomic mass is 10.0. The maximum atomic E-state index is 13.0. The molecular formula is C27H16ClN3O5. The molecule has 8 nitrogen and oxygen atoms in total. The number of nitrogens with one attached hydrogen (secondary N) is 1. The number of anilines is 1. The van der Waals surface area contributed by atoms with Crippen molar-refractivity contribution in [2.24, 2.45) is 0 Å². The summed E-state index contributed by atoms with van der Waals surface area (Å²) < 4.78 is 5.62. The summed E-state index contributed by atoms with van der Waals surface area (Å²) in [7, 11) is 0. The number of para-hydroxylation sites is 1. The number of halogens is 1. The van der Waals surface area contributed by atoms with Gasteiger partial charge in [-0.25, -0.2) is 4.79 Å². The second-order valence-corrected chi connectivity index (χ2v) is 7.93. The molecule has 0 radical (unpaired) electrons. The van der Waals surface area contributed by atoms with Crippen molar-refractivity contribution in [3.63, 3.8) is 0 Å². The average molecular weight is 498 g/mol. The molecule has 1 amide bonds. The number of ether oxygens (including phenoxy) is 1. The van der Waals surface area contributed by atoms with Gasteiger partial charge in [0.15, 0.2) is 0 Å². The predicted molar refractivity (Wildman–Crippen MR) is 136 cm³/mol. The molecule has 0 atom stereocenters. The molecule has 0 heterocycles. The van der Waals surface area contributed by atoms with E-state index in [4.69, 9.17) is 16.3 Å². The number of carbonyl (C=O) groups excluding carboxylic acids is 2. The molecule has 0 fully saturated rings. The molecule has 0 unspecified atom stereocenters. The minimum Gasteiger partial charge on any atom is -0.422 e. The molecule has 176 valence electrons. The summed E-state index contributed by atoms with van der Waals surface area (Å²) >= 11 is 5.81. The second-order valence-electron chi connectivity index (χ2n) is 7.50. The molecule has 9 heteroatoms. The van der Waals surface area contributed by atoms with Crippen LogP contribution in [0.15, 0.2) is 90.5 Å². The molecular weight excluding hydrogens is 482 g/mol. The van der Waals surface area contributed by atoms with Crippen molar-refractivity contribution in [2.45, 2.75) is 0 Å². The first-order valence-corrected chi connectivity index (χ1v) is 10.9. The number of nitro benzene ring substituents is 1. The van der Waals surface area contributed by atoms with Crippen molar-refractivity contribution in [1.82, 2.24) is 0 Å². The molecule has 36 heavy (non-hydrogen) atoms. The number of hydrogen-bond acceptors (Lipinski definition) is 6. The quantitative estimate of drug-likeness (QED) is 0.0848. The van der Waals surface area contributed by atoms with Gasteiger partial charge in [0.25, 0.3) is 11.6 Å². The number of carbonyl (C=O) groups is 2. The van der Waals surface area contributed by atoms with Crippen LogP contribution in [0.5, 0.6) is 5.75 Å². The summed E-state index contributed by atoms with van der Waals surface area (Å²) in [6.45, 7) is 0. The first kappa shape index (κ1) is 24.1. The molecule has 4 aromatic carbocycles. The third-order valence-electron chi connectivity index (χ3n) is 5.20. The van der Waals surface area contributed by atoms with Gasteiger partial charge < -0.3 is 10.1 Å². The SMILES string of the molecule is N#CC(=Cc1ccccc1OC(=O)c1cccc2ccccc12)C(=O)Nc1ccc(Cl)cc1[N+](=O)[O-]. The molecule has 0 aliphatic rings. The summed E-state index contributed by atoms with van der Waals surface area (Å²) in [5.74, 6) is -1.35. The molecule has 0 bridgehead atoms. The molecule has 0 spiro atoms. The summed E-state index contributed by atoms with van der Waals surface area (Å²) in [6.07, 6.45) is 1.24. The average Bonchev–Trinajstić information content (AvgIpc) is 2.88. The van der Waals surface area contributed by atoms with Crippen LogP contribution in [0.4, 0.5) is 11.4 Å². The number of amides is 1. The Morgan fingerprint density at radius 1 is 1.00 bits per heavy atom. The summed E-state index contributed by atoms with van der Waals surface area (Å²) in [5, 5.41) is 25.0. The first-order chi connectivity index (χ1) is 17.4. The molecule has 0 aliphatic carbocycles. The van der Waals surface area contributed by atoms with Crippen molar-refractivity contribution in [3.05, 3.63) is 117 Å². The van der Waals surface area contributed by atoms with Crippen molar-refractivity contribution in [3.8, 4) is 11.8 Å². The monoisotopic (exact) mass is 497 g/mol. The predicted octanol–water partition coefficient (Wildman–Crippen LogP) is 6.17. The van der Waals surface area contributed by atoms with E-state index in [0.29, 0.717) is 11.1 Å². The van der Waals surface area contributed by atoms with Gasteiger partial charge in [-0.15, -0.1) is 0 Å². The van der Waals surface area contributed by atoms with Gasteiger partial charge in [0, 0.05) is 16.7 Å². The smallest absolute Gasteiger partial charge is 0.344 e. The van der Waals surface area contributed by atoms with E-state index in [1.165, 1.54) is 24.3 Å². The minimum absolute atomic E-state index is 0.119. The van der Waals surface area contributed by atoms with Crippen LogP contribution in [0, 0.1) is 21.4 Å². The van der Waals surface area contributed by atoms with Gasteiger partial charge in [0.05, 0.1) is 10.5 Å². The third-order valence-corrected chi connectivity index (χ3v) is 5.44. The van der Waals surface area contributed by atoms with E-state index in [-0.39, 0.29) is 22.0 Å². The second kappa shape index (κ2) is 10.5. The number of fused-ring (bicyclic) bond motifs is 1. The number of esters is 1. The molecule has 0 saturated heterocycles. The zero-order valence-electron chi connectivity index (χ0n) is 18.5. The van der Waals surface area contributed by atoms with Crippen molar-refractivity contribution >= 4 is 51.7 Å². The van der Waals surface area contributed by atoms with E-state index in [1.807, 2.05) is 30.3 Å². The van der Waals surface area contributed by atoms with E-state index in [9.17, 15) is 25.0 Å². The van der Waals surface area contributed by atoms with Gasteiger partial charge in [0.1, 0.15) is 23.1 Å². The lowest BCUT2D eigenvalue weighted by Gasteiger charge is -2.10. The topological polar surface area (TPSA) is 122 Å². The van der Waals surface area contributed by atoms with Crippen LogP contribution in [0.2, 0.25) is 5.02 Å². The fourth-order valence-electron chi connectivity index (χ4n) is 3.51. The first-order valence-electron chi connectivity index (χ1n) is 10.5. The normalized spacial score (nSPS) is 10.9. The number of benzene rings is 4. The van der Waals surface area contributed by atoms with E-state index in [1.54, 1.807) is 36.4 Å². The van der Waals surface area contributed by atoms with Crippen molar-refractivity contribution in [2.75, 3.05) is 5.32 Å². The van der Waals surface area contributed by atoms with E-state index in [0.717, 1.165) is 16.8 Å². The van der Waals surface area contributed by atoms with Crippen LogP contribution >= 0.6 is 11.6 Å². The number of nitro groups is 1. The Bertz CT molecular complexity index is 1580. The van der Waals surface area contributed by atoms with Crippen LogP contribution in [0.25, 0.3) is 16.8 Å². The molecule has 0 aromatic heterocycles. The van der Waals surface area contributed by atoms with Gasteiger partial charge in [-0.3, -0.25) is 14.9 Å². The van der Waals surface area contributed by atoms with Gasteiger partial charge in [0.2, 0.25) is 0 Å². The summed E-state index contributed by atoms with van der Waals surface area (Å²) in [6, 6.07) is 24.6. The van der Waals surface area contributed by atoms with Crippen molar-refractivity contribution < 1.29 is 19.2 Å². The Balaban J connectivity index is 1.62. The minimum atomic E-state index is -0.877. The Hall–Kier alpha value is -5.00. The number of hydrogen-bond donors (Lipinski definition) is 1. The lowest BCUT2D eigenvalue weighted by Crippen LogP contribution is -2.15. The maximum absolute atomic E-state index is 13.0. The molecule has 4 rings (SSSR count).